The second-order valence-corrected chi connectivity index (χ2v) is 2.78. The molecule has 0 aromatic rings. The van der Waals surface area contributed by atoms with E-state index in [-0.39, 0.29) is 5.91 Å². The number of carbonyl (C=O) groups is 1. The highest BCUT2D eigenvalue weighted by Crippen LogP contribution is 2.10. The van der Waals surface area contributed by atoms with Gasteiger partial charge in [0.2, 0.25) is 11.9 Å². The van der Waals surface area contributed by atoms with E-state index in [1.807, 2.05) is 0 Å². The Labute approximate surface area is 65.3 Å². The van der Waals surface area contributed by atoms with Crippen molar-refractivity contribution in [2.24, 2.45) is 4.99 Å². The molecule has 4 heteroatoms. The van der Waals surface area contributed by atoms with Gasteiger partial charge in [-0.2, -0.15) is 0 Å². The molecule has 1 saturated heterocycles. The van der Waals surface area contributed by atoms with Gasteiger partial charge in [0.15, 0.2) is 0 Å². The molecular weight excluding hydrogens is 142 g/mol. The molecule has 4 nitrogen and oxygen atoms in total. The molecule has 1 amide bonds. The van der Waals surface area contributed by atoms with Crippen molar-refractivity contribution in [1.29, 1.82) is 0 Å². The largest absolute Gasteiger partial charge is 0.354 e. The first-order valence-corrected chi connectivity index (χ1v) is 3.96. The number of nitrogens with zero attached hydrogens (tertiary/aromatic N) is 2. The van der Waals surface area contributed by atoms with Crippen molar-refractivity contribution in [3.63, 3.8) is 0 Å². The molecule has 0 aliphatic carbocycles. The van der Waals surface area contributed by atoms with E-state index in [0.29, 0.717) is 6.42 Å². The quantitative estimate of drug-likeness (QED) is 0.513. The van der Waals surface area contributed by atoms with Crippen molar-refractivity contribution in [2.75, 3.05) is 19.6 Å². The molecule has 0 aromatic carbocycles. The first-order valence-electron chi connectivity index (χ1n) is 3.96. The normalized spacial score (nSPS) is 23.8. The fourth-order valence-electron chi connectivity index (χ4n) is 1.44. The van der Waals surface area contributed by atoms with Crippen LogP contribution in [0.1, 0.15) is 12.8 Å². The van der Waals surface area contributed by atoms with E-state index in [1.165, 1.54) is 0 Å². The lowest BCUT2D eigenvalue weighted by molar-refractivity contribution is -0.124. The number of hydrogen-bond acceptors (Lipinski definition) is 3. The van der Waals surface area contributed by atoms with Gasteiger partial charge in [-0.05, 0) is 6.42 Å². The predicted molar refractivity (Wildman–Crippen MR) is 41.3 cm³/mol. The standard InChI is InChI=1S/C7H11N3O/c11-6-2-1-5-10(6)7-8-3-4-9-7/h1-5H2,(H,8,9). The van der Waals surface area contributed by atoms with Gasteiger partial charge in [-0.1, -0.05) is 0 Å². The molecule has 1 N–H and O–H groups in total. The molecule has 0 unspecified atom stereocenters. The number of amides is 1. The minimum Gasteiger partial charge on any atom is -0.354 e. The van der Waals surface area contributed by atoms with Crippen molar-refractivity contribution in [2.45, 2.75) is 12.8 Å². The highest BCUT2D eigenvalue weighted by atomic mass is 16.2. The summed E-state index contributed by atoms with van der Waals surface area (Å²) in [6.07, 6.45) is 1.65. The van der Waals surface area contributed by atoms with Gasteiger partial charge < -0.3 is 5.32 Å². The zero-order valence-electron chi connectivity index (χ0n) is 6.34. The molecule has 0 bridgehead atoms. The van der Waals surface area contributed by atoms with Crippen LogP contribution in [0.4, 0.5) is 0 Å². The van der Waals surface area contributed by atoms with Gasteiger partial charge in [0.25, 0.3) is 0 Å². The van der Waals surface area contributed by atoms with Crippen LogP contribution in [0, 0.1) is 0 Å². The van der Waals surface area contributed by atoms with E-state index in [4.69, 9.17) is 0 Å². The van der Waals surface area contributed by atoms with Crippen LogP contribution in [0.15, 0.2) is 4.99 Å². The van der Waals surface area contributed by atoms with Crippen molar-refractivity contribution >= 4 is 11.9 Å². The van der Waals surface area contributed by atoms with Gasteiger partial charge in [0, 0.05) is 19.5 Å². The van der Waals surface area contributed by atoms with Crippen LogP contribution in [0.25, 0.3) is 0 Å². The van der Waals surface area contributed by atoms with Crippen LogP contribution in [0.2, 0.25) is 0 Å². The Morgan fingerprint density at radius 2 is 2.45 bits per heavy atom. The summed E-state index contributed by atoms with van der Waals surface area (Å²) >= 11 is 0. The van der Waals surface area contributed by atoms with Crippen LogP contribution < -0.4 is 5.32 Å². The van der Waals surface area contributed by atoms with Crippen molar-refractivity contribution < 1.29 is 4.79 Å². The number of hydrogen-bond donors (Lipinski definition) is 1. The lowest BCUT2D eigenvalue weighted by Gasteiger charge is -2.14. The number of carbonyl (C=O) groups excluding carboxylic acids is 1. The third-order valence-corrected chi connectivity index (χ3v) is 1.99. The SMILES string of the molecule is O=C1CCCN1C1=NCCN1. The maximum Gasteiger partial charge on any atom is 0.229 e. The summed E-state index contributed by atoms with van der Waals surface area (Å²) in [6.45, 7) is 2.52. The van der Waals surface area contributed by atoms with E-state index >= 15 is 0 Å². The van der Waals surface area contributed by atoms with E-state index in [9.17, 15) is 4.79 Å². The van der Waals surface area contributed by atoms with Crippen LogP contribution in [-0.2, 0) is 4.79 Å². The first-order chi connectivity index (χ1) is 5.38. The highest BCUT2D eigenvalue weighted by molar-refractivity contribution is 5.98. The molecule has 1 fully saturated rings. The third-order valence-electron chi connectivity index (χ3n) is 1.99. The maximum absolute atomic E-state index is 11.2. The summed E-state index contributed by atoms with van der Waals surface area (Å²) in [6, 6.07) is 0. The van der Waals surface area contributed by atoms with E-state index in [0.717, 1.165) is 32.0 Å². The molecule has 2 aliphatic rings. The molecule has 0 radical (unpaired) electrons. The molecule has 11 heavy (non-hydrogen) atoms. The van der Waals surface area contributed by atoms with Gasteiger partial charge >= 0.3 is 0 Å². The summed E-state index contributed by atoms with van der Waals surface area (Å²) in [7, 11) is 0. The fourth-order valence-corrected chi connectivity index (χ4v) is 1.44. The number of rotatable bonds is 0. The van der Waals surface area contributed by atoms with Gasteiger partial charge in [-0.25, -0.2) is 0 Å². The summed E-state index contributed by atoms with van der Waals surface area (Å²) in [4.78, 5) is 17.1. The van der Waals surface area contributed by atoms with Crippen molar-refractivity contribution in [3.05, 3.63) is 0 Å². The number of likely N-dealkylation sites (tertiary alicyclic amines) is 1. The summed E-state index contributed by atoms with van der Waals surface area (Å²) in [5.41, 5.74) is 0. The van der Waals surface area contributed by atoms with Crippen LogP contribution >= 0.6 is 0 Å². The van der Waals surface area contributed by atoms with Gasteiger partial charge in [-0.3, -0.25) is 14.7 Å². The average Bonchev–Trinajstić information content (AvgIpc) is 2.55. The first kappa shape index (κ1) is 6.64. The molecule has 60 valence electrons. The minimum absolute atomic E-state index is 0.207. The molecule has 2 heterocycles. The monoisotopic (exact) mass is 153 g/mol. The third kappa shape index (κ3) is 1.08. The molecule has 0 aromatic heterocycles. The van der Waals surface area contributed by atoms with Gasteiger partial charge in [0.1, 0.15) is 0 Å². The number of guanidine groups is 1. The summed E-state index contributed by atoms with van der Waals surface area (Å²) in [5.74, 6) is 0.991. The van der Waals surface area contributed by atoms with Crippen LogP contribution in [0.3, 0.4) is 0 Å². The Bertz CT molecular complexity index is 212. The van der Waals surface area contributed by atoms with E-state index in [2.05, 4.69) is 10.3 Å². The Morgan fingerprint density at radius 3 is 3.00 bits per heavy atom. The van der Waals surface area contributed by atoms with Crippen molar-refractivity contribution in [3.8, 4) is 0 Å². The number of aliphatic imine (C=N–C) groups is 1. The minimum atomic E-state index is 0.207. The number of nitrogens with one attached hydrogen (secondary N) is 1. The topological polar surface area (TPSA) is 44.7 Å². The molecule has 2 rings (SSSR count). The van der Waals surface area contributed by atoms with Crippen LogP contribution in [-0.4, -0.2) is 36.4 Å². The lowest BCUT2D eigenvalue weighted by Crippen LogP contribution is -2.39. The Hall–Kier alpha value is -1.06. The summed E-state index contributed by atoms with van der Waals surface area (Å²) < 4.78 is 0. The maximum atomic E-state index is 11.2. The van der Waals surface area contributed by atoms with Crippen molar-refractivity contribution in [1.82, 2.24) is 10.2 Å². The molecule has 0 spiro atoms. The highest BCUT2D eigenvalue weighted by Gasteiger charge is 2.25. The Kier molecular flexibility index (Phi) is 1.52. The molecule has 0 atom stereocenters. The average molecular weight is 153 g/mol. The van der Waals surface area contributed by atoms with E-state index in [1.54, 1.807) is 4.90 Å². The molecule has 2 aliphatic heterocycles. The smallest absolute Gasteiger partial charge is 0.229 e. The zero-order valence-corrected chi connectivity index (χ0v) is 6.34. The lowest BCUT2D eigenvalue weighted by atomic mass is 10.4. The Balaban J connectivity index is 2.08. The zero-order chi connectivity index (χ0) is 7.68. The Morgan fingerprint density at radius 1 is 1.55 bits per heavy atom. The van der Waals surface area contributed by atoms with Gasteiger partial charge in [-0.15, -0.1) is 0 Å². The molecular formula is C7H11N3O. The van der Waals surface area contributed by atoms with Gasteiger partial charge in [0.05, 0.1) is 6.54 Å². The van der Waals surface area contributed by atoms with Crippen LogP contribution in [0.5, 0.6) is 0 Å². The predicted octanol–water partition coefficient (Wildman–Crippen LogP) is -0.432. The second kappa shape index (κ2) is 2.53. The fraction of sp³-hybridized carbons (Fsp3) is 0.714. The van der Waals surface area contributed by atoms with E-state index < -0.39 is 0 Å². The second-order valence-electron chi connectivity index (χ2n) is 2.78. The molecule has 0 saturated carbocycles. The summed E-state index contributed by atoms with van der Waals surface area (Å²) in [5, 5.41) is 3.08.